The zero-order valence-electron chi connectivity index (χ0n) is 15.3. The highest BCUT2D eigenvalue weighted by Crippen LogP contribution is 2.33. The summed E-state index contributed by atoms with van der Waals surface area (Å²) in [5.74, 6) is 0.712. The Balaban J connectivity index is 1.66. The van der Waals surface area contributed by atoms with Gasteiger partial charge in [0.25, 0.3) is 0 Å². The third-order valence-corrected chi connectivity index (χ3v) is 4.87. The van der Waals surface area contributed by atoms with Crippen LogP contribution in [0.4, 0.5) is 11.4 Å². The molecule has 0 spiro atoms. The molecule has 0 aromatic heterocycles. The second kappa shape index (κ2) is 9.49. The number of hydrogen-bond donors (Lipinski definition) is 2. The number of carbonyl (C=O) groups excluding carboxylic acids is 1. The summed E-state index contributed by atoms with van der Waals surface area (Å²) in [5.41, 5.74) is 3.27. The van der Waals surface area contributed by atoms with Gasteiger partial charge in [0.2, 0.25) is 5.91 Å². The number of amides is 1. The lowest BCUT2D eigenvalue weighted by atomic mass is 10.1. The van der Waals surface area contributed by atoms with Crippen LogP contribution < -0.4 is 15.4 Å². The molecule has 0 aliphatic carbocycles. The van der Waals surface area contributed by atoms with Gasteiger partial charge in [-0.15, -0.1) is 0 Å². The number of methoxy groups -OCH3 is 1. The quantitative estimate of drug-likeness (QED) is 0.528. The van der Waals surface area contributed by atoms with Crippen molar-refractivity contribution in [3.63, 3.8) is 0 Å². The van der Waals surface area contributed by atoms with Crippen molar-refractivity contribution >= 4 is 40.5 Å². The van der Waals surface area contributed by atoms with E-state index in [4.69, 9.17) is 27.9 Å². The average molecular weight is 415 g/mol. The molecule has 6 heteroatoms. The first-order valence-electron chi connectivity index (χ1n) is 8.75. The van der Waals surface area contributed by atoms with Gasteiger partial charge in [0.05, 0.1) is 29.3 Å². The number of hydrogen-bond acceptors (Lipinski definition) is 3. The highest BCUT2D eigenvalue weighted by atomic mass is 35.5. The van der Waals surface area contributed by atoms with Gasteiger partial charge in [-0.3, -0.25) is 4.79 Å². The number of nitrogens with one attached hydrogen (secondary N) is 2. The Morgan fingerprint density at radius 2 is 1.61 bits per heavy atom. The summed E-state index contributed by atoms with van der Waals surface area (Å²) >= 11 is 12.5. The van der Waals surface area contributed by atoms with E-state index < -0.39 is 0 Å². The van der Waals surface area contributed by atoms with Crippen LogP contribution >= 0.6 is 23.2 Å². The maximum Gasteiger partial charge on any atom is 0.224 e. The monoisotopic (exact) mass is 414 g/mol. The maximum absolute atomic E-state index is 12.4. The zero-order valence-corrected chi connectivity index (χ0v) is 16.8. The van der Waals surface area contributed by atoms with Crippen LogP contribution in [0.25, 0.3) is 0 Å². The molecule has 2 N–H and O–H groups in total. The Bertz CT molecular complexity index is 939. The van der Waals surface area contributed by atoms with Crippen LogP contribution in [0.1, 0.15) is 11.1 Å². The van der Waals surface area contributed by atoms with Gasteiger partial charge >= 0.3 is 0 Å². The van der Waals surface area contributed by atoms with Gasteiger partial charge in [0.15, 0.2) is 0 Å². The maximum atomic E-state index is 12.4. The molecule has 0 radical (unpaired) electrons. The molecule has 4 nitrogen and oxygen atoms in total. The number of anilines is 2. The fourth-order valence-electron chi connectivity index (χ4n) is 2.73. The van der Waals surface area contributed by atoms with Crippen LogP contribution in [0.2, 0.25) is 10.0 Å². The molecular formula is C22H20Cl2N2O2. The highest BCUT2D eigenvalue weighted by molar-refractivity contribution is 6.39. The summed E-state index contributed by atoms with van der Waals surface area (Å²) < 4.78 is 5.14. The number of carbonyl (C=O) groups is 1. The van der Waals surface area contributed by atoms with E-state index in [2.05, 4.69) is 10.6 Å². The van der Waals surface area contributed by atoms with E-state index in [-0.39, 0.29) is 12.3 Å². The molecule has 0 bridgehead atoms. The molecule has 144 valence electrons. The highest BCUT2D eigenvalue weighted by Gasteiger charge is 2.11. The summed E-state index contributed by atoms with van der Waals surface area (Å²) in [6, 6.07) is 20.5. The first-order valence-corrected chi connectivity index (χ1v) is 9.51. The van der Waals surface area contributed by atoms with Crippen molar-refractivity contribution < 1.29 is 9.53 Å². The SMILES string of the molecule is COc1ccc(CNC(=O)Cc2ccccc2Nc2c(Cl)cccc2Cl)cc1. The molecule has 3 rings (SSSR count). The van der Waals surface area contributed by atoms with Gasteiger partial charge in [-0.2, -0.15) is 0 Å². The second-order valence-corrected chi connectivity index (χ2v) is 6.99. The summed E-state index contributed by atoms with van der Waals surface area (Å²) in [6.45, 7) is 0.453. The minimum Gasteiger partial charge on any atom is -0.497 e. The zero-order chi connectivity index (χ0) is 19.9. The Hall–Kier alpha value is -2.69. The number of ether oxygens (including phenoxy) is 1. The van der Waals surface area contributed by atoms with Crippen molar-refractivity contribution in [1.29, 1.82) is 0 Å². The molecule has 0 heterocycles. The molecule has 3 aromatic rings. The fraction of sp³-hybridized carbons (Fsp3) is 0.136. The summed E-state index contributed by atoms with van der Waals surface area (Å²) in [7, 11) is 1.62. The van der Waals surface area contributed by atoms with Crippen LogP contribution in [-0.4, -0.2) is 13.0 Å². The Kier molecular flexibility index (Phi) is 6.80. The van der Waals surface area contributed by atoms with Gasteiger partial charge in [-0.1, -0.05) is 59.6 Å². The Morgan fingerprint density at radius 1 is 0.929 bits per heavy atom. The topological polar surface area (TPSA) is 50.4 Å². The van der Waals surface area contributed by atoms with Crippen LogP contribution in [0, 0.1) is 0 Å². The largest absolute Gasteiger partial charge is 0.497 e. The van der Waals surface area contributed by atoms with Gasteiger partial charge < -0.3 is 15.4 Å². The summed E-state index contributed by atoms with van der Waals surface area (Å²) in [5, 5.41) is 7.22. The molecule has 1 amide bonds. The third-order valence-electron chi connectivity index (χ3n) is 4.24. The number of benzene rings is 3. The Labute approximate surface area is 174 Å². The van der Waals surface area contributed by atoms with Crippen molar-refractivity contribution in [2.75, 3.05) is 12.4 Å². The first kappa shape index (κ1) is 20.1. The van der Waals surface area contributed by atoms with Crippen LogP contribution in [0.15, 0.2) is 66.7 Å². The molecule has 28 heavy (non-hydrogen) atoms. The van der Waals surface area contributed by atoms with E-state index in [1.807, 2.05) is 48.5 Å². The molecule has 0 saturated carbocycles. The van der Waals surface area contributed by atoms with Crippen LogP contribution in [-0.2, 0) is 17.8 Å². The van der Waals surface area contributed by atoms with Crippen molar-refractivity contribution in [3.05, 3.63) is 87.9 Å². The summed E-state index contributed by atoms with van der Waals surface area (Å²) in [4.78, 5) is 12.4. The second-order valence-electron chi connectivity index (χ2n) is 6.18. The van der Waals surface area contributed by atoms with E-state index in [9.17, 15) is 4.79 Å². The summed E-state index contributed by atoms with van der Waals surface area (Å²) in [6.07, 6.45) is 0.237. The fourth-order valence-corrected chi connectivity index (χ4v) is 3.22. The van der Waals surface area contributed by atoms with E-state index in [1.54, 1.807) is 25.3 Å². The number of halogens is 2. The first-order chi connectivity index (χ1) is 13.6. The van der Waals surface area contributed by atoms with Gasteiger partial charge in [-0.25, -0.2) is 0 Å². The molecule has 0 aliphatic rings. The predicted octanol–water partition coefficient (Wildman–Crippen LogP) is 5.60. The van der Waals surface area contributed by atoms with Gasteiger partial charge in [-0.05, 0) is 41.5 Å². The van der Waals surface area contributed by atoms with Crippen LogP contribution in [0.3, 0.4) is 0 Å². The minimum atomic E-state index is -0.0738. The number of rotatable bonds is 7. The third kappa shape index (κ3) is 5.18. The van der Waals surface area contributed by atoms with Gasteiger partial charge in [0, 0.05) is 12.2 Å². The average Bonchev–Trinajstić information content (AvgIpc) is 2.71. The molecule has 0 saturated heterocycles. The predicted molar refractivity (Wildman–Crippen MR) is 115 cm³/mol. The Morgan fingerprint density at radius 3 is 2.29 bits per heavy atom. The molecule has 0 atom stereocenters. The van der Waals surface area contributed by atoms with Crippen LogP contribution in [0.5, 0.6) is 5.75 Å². The van der Waals surface area contributed by atoms with E-state index in [1.165, 1.54) is 0 Å². The van der Waals surface area contributed by atoms with E-state index in [0.29, 0.717) is 22.3 Å². The molecular weight excluding hydrogens is 395 g/mol. The lowest BCUT2D eigenvalue weighted by molar-refractivity contribution is -0.120. The van der Waals surface area contributed by atoms with Crippen molar-refractivity contribution in [2.24, 2.45) is 0 Å². The number of para-hydroxylation sites is 2. The van der Waals surface area contributed by atoms with Gasteiger partial charge in [0.1, 0.15) is 5.75 Å². The minimum absolute atomic E-state index is 0.0738. The molecule has 3 aromatic carbocycles. The smallest absolute Gasteiger partial charge is 0.224 e. The normalized spacial score (nSPS) is 10.4. The standard InChI is InChI=1S/C22H20Cl2N2O2/c1-28-17-11-9-15(10-12-17)14-25-21(27)13-16-5-2-3-8-20(16)26-22-18(23)6-4-7-19(22)24/h2-12,26H,13-14H2,1H3,(H,25,27). The van der Waals surface area contributed by atoms with Crippen molar-refractivity contribution in [2.45, 2.75) is 13.0 Å². The lowest BCUT2D eigenvalue weighted by Crippen LogP contribution is -2.24. The molecule has 0 aliphatic heterocycles. The van der Waals surface area contributed by atoms with Crippen molar-refractivity contribution in [1.82, 2.24) is 5.32 Å². The van der Waals surface area contributed by atoms with E-state index in [0.717, 1.165) is 22.6 Å². The molecule has 0 unspecified atom stereocenters. The van der Waals surface area contributed by atoms with E-state index >= 15 is 0 Å². The lowest BCUT2D eigenvalue weighted by Gasteiger charge is -2.14. The van der Waals surface area contributed by atoms with Crippen molar-refractivity contribution in [3.8, 4) is 5.75 Å². The molecule has 0 fully saturated rings.